The normalized spacial score (nSPS) is 21.8. The Hall–Kier alpha value is -3.42. The number of aliphatic carboxylic acids is 1. The van der Waals surface area contributed by atoms with Crippen molar-refractivity contribution in [3.8, 4) is 11.1 Å². The Labute approximate surface area is 219 Å². The van der Waals surface area contributed by atoms with Crippen molar-refractivity contribution in [1.82, 2.24) is 4.90 Å². The van der Waals surface area contributed by atoms with Crippen LogP contribution in [-0.2, 0) is 9.59 Å². The lowest BCUT2D eigenvalue weighted by Crippen LogP contribution is -2.33. The summed E-state index contributed by atoms with van der Waals surface area (Å²) >= 11 is 6.33. The van der Waals surface area contributed by atoms with Crippen LogP contribution in [0.15, 0.2) is 77.7 Å². The Morgan fingerprint density at radius 1 is 1.03 bits per heavy atom. The second-order valence-electron chi connectivity index (χ2n) is 9.37. The molecule has 2 unspecified atom stereocenters. The van der Waals surface area contributed by atoms with Crippen LogP contribution in [0, 0.1) is 0 Å². The van der Waals surface area contributed by atoms with Crippen molar-refractivity contribution >= 4 is 57.6 Å². The molecule has 2 heterocycles. The molecule has 2 fully saturated rings. The van der Waals surface area contributed by atoms with Gasteiger partial charge in [0, 0.05) is 23.3 Å². The van der Waals surface area contributed by atoms with E-state index >= 15 is 0 Å². The van der Waals surface area contributed by atoms with E-state index in [2.05, 4.69) is 65.6 Å². The summed E-state index contributed by atoms with van der Waals surface area (Å²) in [5.41, 5.74) is 7.21. The lowest BCUT2D eigenvalue weighted by atomic mass is 9.94. The molecule has 0 spiro atoms. The number of nitrogens with zero attached hydrogens (tertiary/aromatic N) is 2. The van der Waals surface area contributed by atoms with E-state index in [-0.39, 0.29) is 10.2 Å². The van der Waals surface area contributed by atoms with Gasteiger partial charge >= 0.3 is 5.97 Å². The van der Waals surface area contributed by atoms with E-state index in [1.165, 1.54) is 41.8 Å². The Kier molecular flexibility index (Phi) is 5.90. The van der Waals surface area contributed by atoms with Crippen molar-refractivity contribution in [3.05, 3.63) is 88.8 Å². The van der Waals surface area contributed by atoms with Crippen LogP contribution in [0.4, 0.5) is 11.4 Å². The van der Waals surface area contributed by atoms with Gasteiger partial charge in [-0.15, -0.1) is 0 Å². The van der Waals surface area contributed by atoms with Crippen LogP contribution < -0.4 is 4.90 Å². The van der Waals surface area contributed by atoms with Gasteiger partial charge in [0.05, 0.1) is 4.91 Å². The molecule has 1 saturated carbocycles. The lowest BCUT2D eigenvalue weighted by Gasteiger charge is -2.27. The van der Waals surface area contributed by atoms with Crippen molar-refractivity contribution in [2.75, 3.05) is 11.4 Å². The number of rotatable bonds is 5. The summed E-state index contributed by atoms with van der Waals surface area (Å²) in [6.07, 6.45) is 5.48. The number of para-hydroxylation sites is 1. The molecule has 0 radical (unpaired) electrons. The Balaban J connectivity index is 1.27. The third-order valence-corrected chi connectivity index (χ3v) is 8.62. The molecule has 5 nitrogen and oxygen atoms in total. The van der Waals surface area contributed by atoms with Gasteiger partial charge in [0.15, 0.2) is 0 Å². The van der Waals surface area contributed by atoms with Crippen LogP contribution in [0.1, 0.15) is 36.3 Å². The van der Waals surface area contributed by atoms with Crippen LogP contribution in [0.3, 0.4) is 0 Å². The maximum Gasteiger partial charge on any atom is 0.323 e. The molecule has 1 saturated heterocycles. The maximum absolute atomic E-state index is 12.6. The monoisotopic (exact) mass is 512 g/mol. The number of amides is 1. The highest BCUT2D eigenvalue weighted by Crippen LogP contribution is 2.53. The third kappa shape index (κ3) is 4.02. The Morgan fingerprint density at radius 3 is 2.53 bits per heavy atom. The topological polar surface area (TPSA) is 60.9 Å². The summed E-state index contributed by atoms with van der Waals surface area (Å²) in [4.78, 5) is 27.7. The van der Waals surface area contributed by atoms with E-state index in [1.807, 2.05) is 12.1 Å². The van der Waals surface area contributed by atoms with Crippen LogP contribution in [0.2, 0.25) is 0 Å². The number of carboxylic acid groups (broad SMARTS) is 1. The third-order valence-electron chi connectivity index (χ3n) is 7.24. The second-order valence-corrected chi connectivity index (χ2v) is 11.0. The molecule has 0 bridgehead atoms. The van der Waals surface area contributed by atoms with Gasteiger partial charge in [0.2, 0.25) is 0 Å². The van der Waals surface area contributed by atoms with E-state index in [1.54, 1.807) is 6.08 Å². The van der Waals surface area contributed by atoms with Gasteiger partial charge in [-0.2, -0.15) is 0 Å². The zero-order valence-corrected chi connectivity index (χ0v) is 21.1. The largest absolute Gasteiger partial charge is 0.480 e. The summed E-state index contributed by atoms with van der Waals surface area (Å²) in [6.45, 7) is -0.414. The molecule has 180 valence electrons. The molecule has 7 heteroatoms. The van der Waals surface area contributed by atoms with Crippen molar-refractivity contribution < 1.29 is 14.7 Å². The van der Waals surface area contributed by atoms with Crippen LogP contribution >= 0.6 is 24.0 Å². The smallest absolute Gasteiger partial charge is 0.323 e. The first-order chi connectivity index (χ1) is 17.5. The number of anilines is 2. The Morgan fingerprint density at radius 2 is 1.78 bits per heavy atom. The predicted octanol–water partition coefficient (Wildman–Crippen LogP) is 6.43. The minimum Gasteiger partial charge on any atom is -0.480 e. The van der Waals surface area contributed by atoms with E-state index in [9.17, 15) is 9.59 Å². The van der Waals surface area contributed by atoms with E-state index in [4.69, 9.17) is 17.3 Å². The quantitative estimate of drug-likeness (QED) is 0.314. The fourth-order valence-electron chi connectivity index (χ4n) is 5.66. The minimum atomic E-state index is -1.08. The zero-order chi connectivity index (χ0) is 24.8. The van der Waals surface area contributed by atoms with E-state index < -0.39 is 12.5 Å². The fraction of sp³-hybridized carbons (Fsp3) is 0.207. The molecule has 1 N–H and O–H groups in total. The molecule has 1 amide bonds. The molecule has 2 atom stereocenters. The van der Waals surface area contributed by atoms with Crippen molar-refractivity contribution in [1.29, 1.82) is 0 Å². The molecular weight excluding hydrogens is 488 g/mol. The number of carboxylic acids is 1. The molecule has 36 heavy (non-hydrogen) atoms. The molecule has 2 aliphatic heterocycles. The van der Waals surface area contributed by atoms with Crippen molar-refractivity contribution in [2.24, 2.45) is 0 Å². The van der Waals surface area contributed by atoms with Crippen LogP contribution in [0.5, 0.6) is 0 Å². The summed E-state index contributed by atoms with van der Waals surface area (Å²) in [6, 6.07) is 26.1. The van der Waals surface area contributed by atoms with Gasteiger partial charge in [0.1, 0.15) is 10.9 Å². The summed E-state index contributed by atoms with van der Waals surface area (Å²) in [5.74, 6) is -0.876. The lowest BCUT2D eigenvalue weighted by molar-refractivity contribution is -0.140. The first-order valence-electron chi connectivity index (χ1n) is 12.1. The van der Waals surface area contributed by atoms with Gasteiger partial charge in [-0.3, -0.25) is 14.5 Å². The molecular formula is C29H24N2O3S2. The molecule has 1 aliphatic carbocycles. The average molecular weight is 513 g/mol. The highest BCUT2D eigenvalue weighted by atomic mass is 32.2. The predicted molar refractivity (Wildman–Crippen MR) is 148 cm³/mol. The van der Waals surface area contributed by atoms with E-state index in [0.717, 1.165) is 27.8 Å². The van der Waals surface area contributed by atoms with Crippen LogP contribution in [-0.4, -0.2) is 38.8 Å². The number of hydrogen-bond donors (Lipinski definition) is 1. The Bertz CT molecular complexity index is 1400. The number of hydrogen-bond acceptors (Lipinski definition) is 5. The average Bonchev–Trinajstić information content (AvgIpc) is 3.54. The van der Waals surface area contributed by atoms with Gasteiger partial charge in [0.25, 0.3) is 5.91 Å². The molecule has 3 aliphatic rings. The standard InChI is InChI=1S/C29H24N2O3S2/c32-27(33)17-30-28(34)26(36-29(30)35)15-18-9-11-19(12-10-18)20-13-14-25-23(16-20)22-7-4-8-24(22)31(25)21-5-2-1-3-6-21/h1-3,5-6,9-16,22,24H,4,7-8,17H2,(H,32,33)/b26-15-. The number of benzene rings is 3. The minimum absolute atomic E-state index is 0.276. The van der Waals surface area contributed by atoms with Gasteiger partial charge < -0.3 is 10.0 Å². The SMILES string of the molecule is O=C(O)CN1C(=O)/C(=C/c2ccc(-c3ccc4c(c3)C3CCCC3N4c3ccccc3)cc2)SC1=S. The zero-order valence-electron chi connectivity index (χ0n) is 19.5. The van der Waals surface area contributed by atoms with Gasteiger partial charge in [-0.1, -0.05) is 78.9 Å². The summed E-state index contributed by atoms with van der Waals surface area (Å²) in [7, 11) is 0. The first kappa shape index (κ1) is 23.0. The van der Waals surface area contributed by atoms with Crippen LogP contribution in [0.25, 0.3) is 17.2 Å². The number of carbonyl (C=O) groups excluding carboxylic acids is 1. The highest BCUT2D eigenvalue weighted by Gasteiger charge is 2.42. The van der Waals surface area contributed by atoms with Crippen molar-refractivity contribution in [2.45, 2.75) is 31.2 Å². The molecule has 0 aromatic heterocycles. The second kappa shape index (κ2) is 9.22. The number of thioether (sulfide) groups is 1. The number of carbonyl (C=O) groups is 2. The highest BCUT2D eigenvalue weighted by molar-refractivity contribution is 8.26. The van der Waals surface area contributed by atoms with Gasteiger partial charge in [-0.25, -0.2) is 0 Å². The van der Waals surface area contributed by atoms with Crippen molar-refractivity contribution in [3.63, 3.8) is 0 Å². The molecule has 3 aromatic carbocycles. The molecule has 3 aromatic rings. The van der Waals surface area contributed by atoms with E-state index in [0.29, 0.717) is 16.9 Å². The van der Waals surface area contributed by atoms with Gasteiger partial charge in [-0.05, 0) is 65.4 Å². The molecule has 6 rings (SSSR count). The fourth-order valence-corrected chi connectivity index (χ4v) is 6.91. The first-order valence-corrected chi connectivity index (χ1v) is 13.3. The maximum atomic E-state index is 12.6. The summed E-state index contributed by atoms with van der Waals surface area (Å²) in [5, 5.41) is 9.02. The number of thiocarbonyl (C=S) groups is 1. The summed E-state index contributed by atoms with van der Waals surface area (Å²) < 4.78 is 0.276. The number of fused-ring (bicyclic) bond motifs is 3.